The largest absolute Gasteiger partial charge is 0.489 e. The molecule has 3 aromatic rings. The maximum Gasteiger partial charge on any atom is 0.416 e. The van der Waals surface area contributed by atoms with E-state index in [1.807, 2.05) is 0 Å². The average molecular weight is 673 g/mol. The van der Waals surface area contributed by atoms with Gasteiger partial charge < -0.3 is 24.8 Å². The lowest BCUT2D eigenvalue weighted by atomic mass is 10.1. The van der Waals surface area contributed by atoms with Crippen molar-refractivity contribution in [2.75, 3.05) is 30.4 Å². The molecule has 0 spiro atoms. The summed E-state index contributed by atoms with van der Waals surface area (Å²) in [4.78, 5) is 23.0. The normalized spacial score (nSPS) is 18.0. The lowest BCUT2D eigenvalue weighted by molar-refractivity contribution is -0.241. The Morgan fingerprint density at radius 3 is 2.30 bits per heavy atom. The second kappa shape index (κ2) is 14.3. The fraction of sp³-hybridized carbons (Fsp3) is 0.433. The molecule has 1 amide bonds. The zero-order valence-corrected chi connectivity index (χ0v) is 25.7. The summed E-state index contributed by atoms with van der Waals surface area (Å²) in [5, 5.41) is 12.5. The minimum Gasteiger partial charge on any atom is -0.489 e. The van der Waals surface area contributed by atoms with E-state index in [0.29, 0.717) is 5.82 Å². The number of halogens is 5. The van der Waals surface area contributed by atoms with Crippen LogP contribution in [0.25, 0.3) is 0 Å². The molecule has 2 aromatic heterocycles. The Kier molecular flexibility index (Phi) is 10.8. The van der Waals surface area contributed by atoms with Crippen molar-refractivity contribution in [3.8, 4) is 5.75 Å². The monoisotopic (exact) mass is 672 g/mol. The number of carbonyl (C=O) groups excluding carboxylic acids is 1. The molecular formula is C30H33F5N4O6S. The van der Waals surface area contributed by atoms with Gasteiger partial charge in [0.05, 0.1) is 59.3 Å². The van der Waals surface area contributed by atoms with Crippen LogP contribution in [0.15, 0.2) is 65.8 Å². The number of rotatable bonds is 13. The summed E-state index contributed by atoms with van der Waals surface area (Å²) in [6.45, 7) is 2.01. The van der Waals surface area contributed by atoms with Crippen molar-refractivity contribution >= 4 is 21.6 Å². The second-order valence-corrected chi connectivity index (χ2v) is 12.8. The molecule has 1 fully saturated rings. The second-order valence-electron chi connectivity index (χ2n) is 10.5. The van der Waals surface area contributed by atoms with E-state index in [-0.39, 0.29) is 47.2 Å². The van der Waals surface area contributed by atoms with Crippen LogP contribution in [0.4, 0.5) is 27.8 Å². The number of sulfone groups is 1. The van der Waals surface area contributed by atoms with Gasteiger partial charge in [-0.25, -0.2) is 13.4 Å². The first-order valence-corrected chi connectivity index (χ1v) is 16.0. The van der Waals surface area contributed by atoms with E-state index < -0.39 is 64.8 Å². The summed E-state index contributed by atoms with van der Waals surface area (Å²) in [6.07, 6.45) is -6.40. The first-order chi connectivity index (χ1) is 21.7. The summed E-state index contributed by atoms with van der Waals surface area (Å²) in [6, 6.07) is 8.24. The number of nitrogens with one attached hydrogen (secondary N) is 1. The SMILES string of the molecule is CCC(F)(F)OC[C@@H]1CC(Oc2ccc(C(F)(F)F)cc2)CN1c1ccc(C(=O)N[C@@H](CO)c2ccc(S(=O)(=O)CC)cn2)cn1. The van der Waals surface area contributed by atoms with Crippen LogP contribution in [0.5, 0.6) is 5.75 Å². The van der Waals surface area contributed by atoms with Gasteiger partial charge in [-0.15, -0.1) is 0 Å². The van der Waals surface area contributed by atoms with E-state index in [9.17, 15) is 40.3 Å². The number of carbonyl (C=O) groups is 1. The number of anilines is 1. The Bertz CT molecular complexity index is 1570. The van der Waals surface area contributed by atoms with Gasteiger partial charge in [0.15, 0.2) is 9.84 Å². The molecule has 1 unspecified atom stereocenters. The number of aliphatic hydroxyl groups is 1. The van der Waals surface area contributed by atoms with Crippen molar-refractivity contribution in [3.63, 3.8) is 0 Å². The number of pyridine rings is 2. The minimum atomic E-state index is -4.51. The quantitative estimate of drug-likeness (QED) is 0.246. The van der Waals surface area contributed by atoms with Crippen molar-refractivity contribution in [3.05, 3.63) is 77.7 Å². The van der Waals surface area contributed by atoms with Crippen molar-refractivity contribution in [1.82, 2.24) is 15.3 Å². The summed E-state index contributed by atoms with van der Waals surface area (Å²) < 4.78 is 101. The lowest BCUT2D eigenvalue weighted by Crippen LogP contribution is -2.37. The van der Waals surface area contributed by atoms with Crippen LogP contribution in [-0.2, 0) is 20.8 Å². The molecular weight excluding hydrogens is 639 g/mol. The zero-order valence-electron chi connectivity index (χ0n) is 24.9. The number of aromatic nitrogens is 2. The van der Waals surface area contributed by atoms with Crippen LogP contribution in [-0.4, -0.2) is 73.2 Å². The molecule has 4 rings (SSSR count). The lowest BCUT2D eigenvalue weighted by Gasteiger charge is -2.27. The number of hydrogen-bond donors (Lipinski definition) is 2. The van der Waals surface area contributed by atoms with Crippen LogP contribution in [0.1, 0.15) is 54.3 Å². The number of hydrogen-bond acceptors (Lipinski definition) is 9. The summed E-state index contributed by atoms with van der Waals surface area (Å²) in [5.74, 6) is -0.234. The number of ether oxygens (including phenoxy) is 2. The molecule has 3 heterocycles. The van der Waals surface area contributed by atoms with Gasteiger partial charge in [0.25, 0.3) is 5.91 Å². The van der Waals surface area contributed by atoms with Crippen LogP contribution >= 0.6 is 0 Å². The number of aliphatic hydroxyl groups excluding tert-OH is 1. The van der Waals surface area contributed by atoms with Crippen molar-refractivity contribution in [1.29, 1.82) is 0 Å². The first kappa shape index (κ1) is 35.0. The van der Waals surface area contributed by atoms with Crippen molar-refractivity contribution in [2.24, 2.45) is 0 Å². The fourth-order valence-corrected chi connectivity index (χ4v) is 5.55. The van der Waals surface area contributed by atoms with Gasteiger partial charge in [0.2, 0.25) is 0 Å². The van der Waals surface area contributed by atoms with Gasteiger partial charge in [-0.1, -0.05) is 13.8 Å². The highest BCUT2D eigenvalue weighted by Crippen LogP contribution is 2.33. The molecule has 250 valence electrons. The van der Waals surface area contributed by atoms with Crippen LogP contribution in [0.2, 0.25) is 0 Å². The van der Waals surface area contributed by atoms with Gasteiger partial charge in [-0.05, 0) is 48.5 Å². The van der Waals surface area contributed by atoms with Crippen LogP contribution in [0, 0.1) is 0 Å². The van der Waals surface area contributed by atoms with E-state index in [1.54, 1.807) is 4.90 Å². The van der Waals surface area contributed by atoms with Crippen LogP contribution in [0.3, 0.4) is 0 Å². The molecule has 1 aliphatic rings. The number of benzene rings is 1. The first-order valence-electron chi connectivity index (χ1n) is 14.3. The van der Waals surface area contributed by atoms with E-state index in [4.69, 9.17) is 9.47 Å². The molecule has 1 saturated heterocycles. The number of nitrogens with zero attached hydrogens (tertiary/aromatic N) is 3. The molecule has 0 bridgehead atoms. The summed E-state index contributed by atoms with van der Waals surface area (Å²) in [7, 11) is -3.48. The molecule has 0 aliphatic carbocycles. The smallest absolute Gasteiger partial charge is 0.416 e. The van der Waals surface area contributed by atoms with Gasteiger partial charge >= 0.3 is 12.3 Å². The highest BCUT2D eigenvalue weighted by Gasteiger charge is 2.38. The third-order valence-electron chi connectivity index (χ3n) is 7.41. The summed E-state index contributed by atoms with van der Waals surface area (Å²) in [5.41, 5.74) is -0.496. The van der Waals surface area contributed by atoms with E-state index in [2.05, 4.69) is 15.3 Å². The highest BCUT2D eigenvalue weighted by atomic mass is 32.2. The molecule has 1 aliphatic heterocycles. The number of amides is 1. The maximum absolute atomic E-state index is 13.9. The third kappa shape index (κ3) is 8.67. The molecule has 16 heteroatoms. The third-order valence-corrected chi connectivity index (χ3v) is 9.13. The summed E-state index contributed by atoms with van der Waals surface area (Å²) >= 11 is 0. The van der Waals surface area contributed by atoms with Gasteiger partial charge in [-0.2, -0.15) is 22.0 Å². The van der Waals surface area contributed by atoms with E-state index in [1.165, 1.54) is 56.4 Å². The molecule has 46 heavy (non-hydrogen) atoms. The van der Waals surface area contributed by atoms with Gasteiger partial charge in [0.1, 0.15) is 17.7 Å². The minimum absolute atomic E-state index is 0.0117. The van der Waals surface area contributed by atoms with E-state index in [0.717, 1.165) is 18.3 Å². The molecule has 1 aromatic carbocycles. The number of alkyl halides is 5. The molecule has 0 radical (unpaired) electrons. The van der Waals surface area contributed by atoms with Gasteiger partial charge in [0, 0.05) is 25.2 Å². The Morgan fingerprint density at radius 2 is 1.76 bits per heavy atom. The highest BCUT2D eigenvalue weighted by molar-refractivity contribution is 7.91. The maximum atomic E-state index is 13.9. The van der Waals surface area contributed by atoms with E-state index >= 15 is 0 Å². The zero-order chi connectivity index (χ0) is 33.7. The van der Waals surface area contributed by atoms with Crippen molar-refractivity contribution < 1.29 is 49.7 Å². The standard InChI is InChI=1S/C30H33F5N4O6S/c1-3-29(31,32)44-18-21-13-23(45-22-8-6-20(7-9-22)30(33,34)35)16-39(21)27-12-5-19(14-37-27)28(41)38-26(17-40)25-11-10-24(15-36-25)46(42,43)4-2/h5-12,14-15,21,23,26,40H,3-4,13,16-18H2,1-2H3,(H,38,41)/t21-,23?,26-/m0/s1. The molecule has 3 atom stereocenters. The molecule has 2 N–H and O–H groups in total. The van der Waals surface area contributed by atoms with Crippen LogP contribution < -0.4 is 15.0 Å². The van der Waals surface area contributed by atoms with Gasteiger partial charge in [-0.3, -0.25) is 9.78 Å². The Morgan fingerprint density at radius 1 is 1.04 bits per heavy atom. The van der Waals surface area contributed by atoms with Crippen molar-refractivity contribution in [2.45, 2.75) is 62.1 Å². The predicted molar refractivity (Wildman–Crippen MR) is 156 cm³/mol. The molecule has 0 saturated carbocycles. The Labute approximate surface area is 262 Å². The fourth-order valence-electron chi connectivity index (χ4n) is 4.73. The molecule has 10 nitrogen and oxygen atoms in total. The average Bonchev–Trinajstić information content (AvgIpc) is 3.45. The Hall–Kier alpha value is -3.89. The Balaban J connectivity index is 1.46. The predicted octanol–water partition coefficient (Wildman–Crippen LogP) is 4.80. The topological polar surface area (TPSA) is 131 Å².